The third kappa shape index (κ3) is 3.73. The lowest BCUT2D eigenvalue weighted by atomic mass is 10.0. The zero-order valence-electron chi connectivity index (χ0n) is 15.6. The predicted molar refractivity (Wildman–Crippen MR) is 107 cm³/mol. The second-order valence-corrected chi connectivity index (χ2v) is 7.27. The van der Waals surface area contributed by atoms with E-state index in [1.807, 2.05) is 53.4 Å². The van der Waals surface area contributed by atoms with E-state index in [2.05, 4.69) is 10.3 Å². The first-order chi connectivity index (χ1) is 13.7. The van der Waals surface area contributed by atoms with Crippen molar-refractivity contribution in [3.05, 3.63) is 76.6 Å². The average molecular weight is 397 g/mol. The Morgan fingerprint density at radius 3 is 2.93 bits per heavy atom. The molecule has 0 aliphatic carbocycles. The van der Waals surface area contributed by atoms with E-state index in [1.165, 1.54) is 0 Å². The standard InChI is InChI=1S/C21H21ClN4O2/c1-28-20-10-3-2-8-17(20)19-9-5-11-26(19)21(27)18-14-25(24-23-18)13-15-6-4-7-16(22)12-15/h2-4,6-8,10,12,14,19H,5,9,11,13H2,1H3/t19-/m0/s1. The first kappa shape index (κ1) is 18.5. The van der Waals surface area contributed by atoms with Gasteiger partial charge in [-0.05, 0) is 36.6 Å². The van der Waals surface area contributed by atoms with Crippen molar-refractivity contribution in [2.75, 3.05) is 13.7 Å². The Morgan fingerprint density at radius 1 is 1.25 bits per heavy atom. The minimum Gasteiger partial charge on any atom is -0.496 e. The van der Waals surface area contributed by atoms with Crippen LogP contribution in [0.4, 0.5) is 0 Å². The van der Waals surface area contributed by atoms with Gasteiger partial charge in [0.05, 0.1) is 25.9 Å². The van der Waals surface area contributed by atoms with Gasteiger partial charge in [0.25, 0.3) is 5.91 Å². The second-order valence-electron chi connectivity index (χ2n) is 6.83. The van der Waals surface area contributed by atoms with Crippen LogP contribution in [0, 0.1) is 0 Å². The van der Waals surface area contributed by atoms with E-state index in [9.17, 15) is 4.79 Å². The fourth-order valence-electron chi connectivity index (χ4n) is 3.72. The maximum atomic E-state index is 13.1. The van der Waals surface area contributed by atoms with Crippen LogP contribution in [-0.4, -0.2) is 39.5 Å². The Morgan fingerprint density at radius 2 is 2.11 bits per heavy atom. The number of hydrogen-bond acceptors (Lipinski definition) is 4. The molecular weight excluding hydrogens is 376 g/mol. The number of nitrogens with zero attached hydrogens (tertiary/aromatic N) is 4. The summed E-state index contributed by atoms with van der Waals surface area (Å²) in [6, 6.07) is 15.4. The van der Waals surface area contributed by atoms with Gasteiger partial charge in [-0.3, -0.25) is 4.79 Å². The van der Waals surface area contributed by atoms with Gasteiger partial charge >= 0.3 is 0 Å². The summed E-state index contributed by atoms with van der Waals surface area (Å²) in [6.07, 6.45) is 3.55. The number of aromatic nitrogens is 3. The molecule has 2 heterocycles. The molecule has 7 heteroatoms. The van der Waals surface area contributed by atoms with Gasteiger partial charge < -0.3 is 9.64 Å². The van der Waals surface area contributed by atoms with Crippen LogP contribution in [0.3, 0.4) is 0 Å². The summed E-state index contributed by atoms with van der Waals surface area (Å²) in [5.41, 5.74) is 2.38. The van der Waals surface area contributed by atoms with Gasteiger partial charge in [0.1, 0.15) is 5.75 Å². The summed E-state index contributed by atoms with van der Waals surface area (Å²) in [4.78, 5) is 15.0. The lowest BCUT2D eigenvalue weighted by molar-refractivity contribution is 0.0728. The monoisotopic (exact) mass is 396 g/mol. The van der Waals surface area contributed by atoms with Crippen molar-refractivity contribution in [3.63, 3.8) is 0 Å². The Labute approximate surface area is 168 Å². The first-order valence-corrected chi connectivity index (χ1v) is 9.62. The SMILES string of the molecule is COc1ccccc1[C@@H]1CCCN1C(=O)c1cn(Cc2cccc(Cl)c2)nn1. The Balaban J connectivity index is 1.53. The highest BCUT2D eigenvalue weighted by molar-refractivity contribution is 6.30. The lowest BCUT2D eigenvalue weighted by Crippen LogP contribution is -2.31. The van der Waals surface area contributed by atoms with E-state index < -0.39 is 0 Å². The molecule has 1 aromatic heterocycles. The zero-order valence-corrected chi connectivity index (χ0v) is 16.3. The number of halogens is 1. The molecule has 3 aromatic rings. The molecule has 0 N–H and O–H groups in total. The van der Waals surface area contributed by atoms with E-state index in [1.54, 1.807) is 18.0 Å². The maximum absolute atomic E-state index is 13.1. The topological polar surface area (TPSA) is 60.2 Å². The molecule has 1 aliphatic rings. The van der Waals surface area contributed by atoms with E-state index >= 15 is 0 Å². The molecule has 0 radical (unpaired) electrons. The van der Waals surface area contributed by atoms with Crippen LogP contribution in [0.1, 0.15) is 40.5 Å². The number of ether oxygens (including phenoxy) is 1. The van der Waals surface area contributed by atoms with Crippen LogP contribution in [-0.2, 0) is 6.54 Å². The molecule has 4 rings (SSSR count). The number of para-hydroxylation sites is 1. The molecule has 0 bridgehead atoms. The van der Waals surface area contributed by atoms with E-state index in [-0.39, 0.29) is 11.9 Å². The number of hydrogen-bond donors (Lipinski definition) is 0. The summed E-state index contributed by atoms with van der Waals surface area (Å²) in [5, 5.41) is 8.90. The van der Waals surface area contributed by atoms with Gasteiger partial charge in [-0.1, -0.05) is 47.1 Å². The molecule has 6 nitrogen and oxygen atoms in total. The normalized spacial score (nSPS) is 16.4. The summed E-state index contributed by atoms with van der Waals surface area (Å²) in [6.45, 7) is 1.21. The fraction of sp³-hybridized carbons (Fsp3) is 0.286. The van der Waals surface area contributed by atoms with Gasteiger partial charge in [-0.15, -0.1) is 5.10 Å². The van der Waals surface area contributed by atoms with Gasteiger partial charge in [0, 0.05) is 17.1 Å². The molecule has 1 fully saturated rings. The van der Waals surface area contributed by atoms with Crippen molar-refractivity contribution >= 4 is 17.5 Å². The Hall–Kier alpha value is -2.86. The number of amides is 1. The Kier molecular flexibility index (Phi) is 5.30. The Bertz CT molecular complexity index is 988. The van der Waals surface area contributed by atoms with Crippen molar-refractivity contribution < 1.29 is 9.53 Å². The van der Waals surface area contributed by atoms with Gasteiger partial charge in [0.15, 0.2) is 5.69 Å². The second kappa shape index (κ2) is 8.02. The number of methoxy groups -OCH3 is 1. The summed E-state index contributed by atoms with van der Waals surface area (Å²) >= 11 is 6.04. The van der Waals surface area contributed by atoms with E-state index in [0.29, 0.717) is 23.8 Å². The molecule has 1 aliphatic heterocycles. The smallest absolute Gasteiger partial charge is 0.276 e. The summed E-state index contributed by atoms with van der Waals surface area (Å²) < 4.78 is 7.15. The van der Waals surface area contributed by atoms with Crippen molar-refractivity contribution in [1.29, 1.82) is 0 Å². The predicted octanol–water partition coefficient (Wildman–Crippen LogP) is 3.97. The van der Waals surface area contributed by atoms with Crippen molar-refractivity contribution in [3.8, 4) is 5.75 Å². The molecule has 1 saturated heterocycles. The van der Waals surface area contributed by atoms with Gasteiger partial charge in [-0.25, -0.2) is 4.68 Å². The highest BCUT2D eigenvalue weighted by atomic mass is 35.5. The average Bonchev–Trinajstić information content (AvgIpc) is 3.37. The van der Waals surface area contributed by atoms with Crippen LogP contribution >= 0.6 is 11.6 Å². The van der Waals surface area contributed by atoms with E-state index in [0.717, 1.165) is 29.7 Å². The molecule has 0 saturated carbocycles. The van der Waals surface area contributed by atoms with E-state index in [4.69, 9.17) is 16.3 Å². The van der Waals surface area contributed by atoms with Gasteiger partial charge in [-0.2, -0.15) is 0 Å². The minimum absolute atomic E-state index is 0.0123. The number of likely N-dealkylation sites (tertiary alicyclic amines) is 1. The van der Waals surface area contributed by atoms with Crippen molar-refractivity contribution in [2.24, 2.45) is 0 Å². The number of carbonyl (C=O) groups excluding carboxylic acids is 1. The molecule has 0 spiro atoms. The van der Waals surface area contributed by atoms with Gasteiger partial charge in [0.2, 0.25) is 0 Å². The van der Waals surface area contributed by atoms with Crippen molar-refractivity contribution in [2.45, 2.75) is 25.4 Å². The molecule has 28 heavy (non-hydrogen) atoms. The molecule has 2 aromatic carbocycles. The lowest BCUT2D eigenvalue weighted by Gasteiger charge is -2.25. The number of benzene rings is 2. The zero-order chi connectivity index (χ0) is 19.5. The third-order valence-electron chi connectivity index (χ3n) is 5.00. The minimum atomic E-state index is -0.106. The number of rotatable bonds is 5. The number of carbonyl (C=O) groups is 1. The first-order valence-electron chi connectivity index (χ1n) is 9.24. The molecule has 0 unspecified atom stereocenters. The third-order valence-corrected chi connectivity index (χ3v) is 5.24. The molecular formula is C21H21ClN4O2. The fourth-order valence-corrected chi connectivity index (χ4v) is 3.93. The molecule has 1 atom stereocenters. The maximum Gasteiger partial charge on any atom is 0.276 e. The van der Waals surface area contributed by atoms with Crippen LogP contribution < -0.4 is 4.74 Å². The largest absolute Gasteiger partial charge is 0.496 e. The molecule has 1 amide bonds. The highest BCUT2D eigenvalue weighted by Gasteiger charge is 2.33. The summed E-state index contributed by atoms with van der Waals surface area (Å²) in [7, 11) is 1.65. The molecule has 144 valence electrons. The summed E-state index contributed by atoms with van der Waals surface area (Å²) in [5.74, 6) is 0.697. The van der Waals surface area contributed by atoms with Crippen LogP contribution in [0.15, 0.2) is 54.7 Å². The van der Waals surface area contributed by atoms with Crippen molar-refractivity contribution in [1.82, 2.24) is 19.9 Å². The van der Waals surface area contributed by atoms with Crippen LogP contribution in [0.25, 0.3) is 0 Å². The van der Waals surface area contributed by atoms with Crippen LogP contribution in [0.2, 0.25) is 5.02 Å². The quantitative estimate of drug-likeness (QED) is 0.654. The van der Waals surface area contributed by atoms with Crippen LogP contribution in [0.5, 0.6) is 5.75 Å². The highest BCUT2D eigenvalue weighted by Crippen LogP contribution is 2.37.